The van der Waals surface area contributed by atoms with Crippen LogP contribution in [0.25, 0.3) is 0 Å². The molecule has 1 N–H and O–H groups in total. The van der Waals surface area contributed by atoms with Gasteiger partial charge in [0.2, 0.25) is 0 Å². The zero-order valence-electron chi connectivity index (χ0n) is 14.2. The quantitative estimate of drug-likeness (QED) is 0.825. The topological polar surface area (TPSA) is 21.3 Å². The Morgan fingerprint density at radius 1 is 1.19 bits per heavy atom. The third-order valence-electron chi connectivity index (χ3n) is 4.59. The van der Waals surface area contributed by atoms with Crippen LogP contribution in [0.3, 0.4) is 0 Å². The molecule has 2 rings (SSSR count). The molecule has 1 aromatic carbocycles. The number of hydrogen-bond acceptors (Lipinski definition) is 2. The summed E-state index contributed by atoms with van der Waals surface area (Å²) in [7, 11) is 0. The molecule has 118 valence electrons. The van der Waals surface area contributed by atoms with Crippen molar-refractivity contribution in [2.75, 3.05) is 13.2 Å². The van der Waals surface area contributed by atoms with E-state index < -0.39 is 0 Å². The van der Waals surface area contributed by atoms with E-state index in [1.54, 1.807) is 0 Å². The average molecular weight is 289 g/mol. The number of nitrogens with one attached hydrogen (secondary N) is 1. The van der Waals surface area contributed by atoms with Crippen molar-refractivity contribution in [1.82, 2.24) is 5.32 Å². The second-order valence-corrected chi connectivity index (χ2v) is 6.49. The maximum atomic E-state index is 5.89. The molecule has 1 fully saturated rings. The SMILES string of the molecule is CCNC(CCC1CCCCO1)c1c(C)cc(C)cc1C. The molecule has 1 aliphatic rings. The Labute approximate surface area is 130 Å². The van der Waals surface area contributed by atoms with Crippen LogP contribution in [0.15, 0.2) is 12.1 Å². The summed E-state index contributed by atoms with van der Waals surface area (Å²) in [6.07, 6.45) is 6.63. The minimum absolute atomic E-state index is 0.459. The van der Waals surface area contributed by atoms with Crippen LogP contribution in [0.4, 0.5) is 0 Å². The van der Waals surface area contributed by atoms with Crippen LogP contribution < -0.4 is 5.32 Å². The first-order valence-electron chi connectivity index (χ1n) is 8.54. The lowest BCUT2D eigenvalue weighted by Crippen LogP contribution is -2.26. The molecule has 0 bridgehead atoms. The number of aryl methyl sites for hydroxylation is 3. The number of benzene rings is 1. The molecule has 0 amide bonds. The Morgan fingerprint density at radius 3 is 2.48 bits per heavy atom. The van der Waals surface area contributed by atoms with Crippen molar-refractivity contribution in [2.45, 2.75) is 71.9 Å². The van der Waals surface area contributed by atoms with Gasteiger partial charge in [-0.2, -0.15) is 0 Å². The van der Waals surface area contributed by atoms with E-state index >= 15 is 0 Å². The molecule has 1 aromatic rings. The fourth-order valence-corrected chi connectivity index (χ4v) is 3.72. The lowest BCUT2D eigenvalue weighted by atomic mass is 9.90. The van der Waals surface area contributed by atoms with Crippen molar-refractivity contribution in [3.63, 3.8) is 0 Å². The van der Waals surface area contributed by atoms with Crippen LogP contribution in [0.2, 0.25) is 0 Å². The van der Waals surface area contributed by atoms with Crippen LogP contribution in [0, 0.1) is 20.8 Å². The normalized spacial score (nSPS) is 20.5. The fraction of sp³-hybridized carbons (Fsp3) is 0.684. The monoisotopic (exact) mass is 289 g/mol. The van der Waals surface area contributed by atoms with E-state index in [2.05, 4.69) is 45.1 Å². The van der Waals surface area contributed by atoms with Crippen LogP contribution in [0.5, 0.6) is 0 Å². The van der Waals surface area contributed by atoms with Gasteiger partial charge in [-0.25, -0.2) is 0 Å². The highest BCUT2D eigenvalue weighted by atomic mass is 16.5. The Balaban J connectivity index is 2.07. The zero-order valence-corrected chi connectivity index (χ0v) is 14.2. The Bertz CT molecular complexity index is 426. The van der Waals surface area contributed by atoms with E-state index in [0.29, 0.717) is 12.1 Å². The predicted molar refractivity (Wildman–Crippen MR) is 89.9 cm³/mol. The summed E-state index contributed by atoms with van der Waals surface area (Å²) in [5, 5.41) is 3.68. The van der Waals surface area contributed by atoms with E-state index in [-0.39, 0.29) is 0 Å². The summed E-state index contributed by atoms with van der Waals surface area (Å²) >= 11 is 0. The molecule has 0 spiro atoms. The molecule has 1 saturated heterocycles. The molecule has 2 heteroatoms. The number of ether oxygens (including phenoxy) is 1. The van der Waals surface area contributed by atoms with Gasteiger partial charge in [-0.1, -0.05) is 24.6 Å². The van der Waals surface area contributed by atoms with Crippen molar-refractivity contribution in [3.05, 3.63) is 34.4 Å². The molecule has 1 heterocycles. The molecule has 2 atom stereocenters. The summed E-state index contributed by atoms with van der Waals surface area (Å²) in [6, 6.07) is 5.08. The van der Waals surface area contributed by atoms with E-state index in [1.807, 2.05) is 0 Å². The molecule has 2 nitrogen and oxygen atoms in total. The summed E-state index contributed by atoms with van der Waals surface area (Å²) in [5.41, 5.74) is 5.70. The molecule has 0 radical (unpaired) electrons. The molecule has 0 aliphatic carbocycles. The summed E-state index contributed by atoms with van der Waals surface area (Å²) in [6.45, 7) is 10.8. The van der Waals surface area contributed by atoms with Gasteiger partial charge >= 0.3 is 0 Å². The van der Waals surface area contributed by atoms with Crippen LogP contribution in [0.1, 0.15) is 67.3 Å². The van der Waals surface area contributed by atoms with E-state index in [9.17, 15) is 0 Å². The first-order chi connectivity index (χ1) is 10.1. The predicted octanol–water partition coefficient (Wildman–Crippen LogP) is 4.61. The van der Waals surface area contributed by atoms with Gasteiger partial charge in [-0.3, -0.25) is 0 Å². The van der Waals surface area contributed by atoms with Gasteiger partial charge in [-0.05, 0) is 76.1 Å². The highest BCUT2D eigenvalue weighted by Gasteiger charge is 2.19. The average Bonchev–Trinajstić information content (AvgIpc) is 2.45. The van der Waals surface area contributed by atoms with Crippen molar-refractivity contribution in [2.24, 2.45) is 0 Å². The van der Waals surface area contributed by atoms with Gasteiger partial charge in [-0.15, -0.1) is 0 Å². The molecular formula is C19H31NO. The van der Waals surface area contributed by atoms with E-state index in [0.717, 1.165) is 13.2 Å². The van der Waals surface area contributed by atoms with E-state index in [1.165, 1.54) is 54.4 Å². The molecule has 0 saturated carbocycles. The summed E-state index contributed by atoms with van der Waals surface area (Å²) in [5.74, 6) is 0. The standard InChI is InChI=1S/C19H31NO/c1-5-20-18(10-9-17-8-6-7-11-21-17)19-15(3)12-14(2)13-16(19)4/h12-13,17-18,20H,5-11H2,1-4H3. The van der Waals surface area contributed by atoms with Crippen LogP contribution in [-0.2, 0) is 4.74 Å². The van der Waals surface area contributed by atoms with Crippen molar-refractivity contribution in [3.8, 4) is 0 Å². The van der Waals surface area contributed by atoms with Crippen molar-refractivity contribution in [1.29, 1.82) is 0 Å². The van der Waals surface area contributed by atoms with Gasteiger partial charge in [0.1, 0.15) is 0 Å². The lowest BCUT2D eigenvalue weighted by Gasteiger charge is -2.27. The van der Waals surface area contributed by atoms with Gasteiger partial charge in [0.15, 0.2) is 0 Å². The maximum Gasteiger partial charge on any atom is 0.0575 e. The smallest absolute Gasteiger partial charge is 0.0575 e. The highest BCUT2D eigenvalue weighted by Crippen LogP contribution is 2.29. The molecular weight excluding hydrogens is 258 g/mol. The Morgan fingerprint density at radius 2 is 1.90 bits per heavy atom. The fourth-order valence-electron chi connectivity index (χ4n) is 3.72. The van der Waals surface area contributed by atoms with Crippen molar-refractivity contribution >= 4 is 0 Å². The Kier molecular flexibility index (Phi) is 6.25. The molecule has 1 aliphatic heterocycles. The zero-order chi connectivity index (χ0) is 15.2. The largest absolute Gasteiger partial charge is 0.378 e. The summed E-state index contributed by atoms with van der Waals surface area (Å²) in [4.78, 5) is 0. The van der Waals surface area contributed by atoms with Crippen LogP contribution >= 0.6 is 0 Å². The highest BCUT2D eigenvalue weighted by molar-refractivity contribution is 5.39. The first-order valence-corrected chi connectivity index (χ1v) is 8.54. The second-order valence-electron chi connectivity index (χ2n) is 6.49. The van der Waals surface area contributed by atoms with Gasteiger partial charge in [0, 0.05) is 12.6 Å². The first kappa shape index (κ1) is 16.5. The summed E-state index contributed by atoms with van der Waals surface area (Å²) < 4.78 is 5.89. The third kappa shape index (κ3) is 4.55. The minimum atomic E-state index is 0.459. The van der Waals surface area contributed by atoms with Crippen molar-refractivity contribution < 1.29 is 4.74 Å². The van der Waals surface area contributed by atoms with Gasteiger partial charge in [0.25, 0.3) is 0 Å². The minimum Gasteiger partial charge on any atom is -0.378 e. The molecule has 21 heavy (non-hydrogen) atoms. The van der Waals surface area contributed by atoms with Gasteiger partial charge < -0.3 is 10.1 Å². The van der Waals surface area contributed by atoms with Crippen LogP contribution in [-0.4, -0.2) is 19.3 Å². The third-order valence-corrected chi connectivity index (χ3v) is 4.59. The lowest BCUT2D eigenvalue weighted by molar-refractivity contribution is 0.00854. The van der Waals surface area contributed by atoms with Gasteiger partial charge in [0.05, 0.1) is 6.10 Å². The van der Waals surface area contributed by atoms with E-state index in [4.69, 9.17) is 4.74 Å². The Hall–Kier alpha value is -0.860. The number of rotatable bonds is 6. The molecule has 2 unspecified atom stereocenters. The molecule has 0 aromatic heterocycles. The second kappa shape index (κ2) is 7.95. The number of hydrogen-bond donors (Lipinski definition) is 1. The maximum absolute atomic E-state index is 5.89.